The molecule has 0 spiro atoms. The maximum atomic E-state index is 12.7. The van der Waals surface area contributed by atoms with E-state index in [9.17, 15) is 4.79 Å². The first-order valence-corrected chi connectivity index (χ1v) is 7.70. The Labute approximate surface area is 138 Å². The minimum atomic E-state index is -0.214. The quantitative estimate of drug-likeness (QED) is 0.922. The third-order valence-corrected chi connectivity index (χ3v) is 3.85. The lowest BCUT2D eigenvalue weighted by molar-refractivity contribution is 0.00328. The van der Waals surface area contributed by atoms with Crippen LogP contribution >= 0.6 is 11.6 Å². The van der Waals surface area contributed by atoms with E-state index < -0.39 is 0 Å². The van der Waals surface area contributed by atoms with E-state index in [1.807, 2.05) is 13.0 Å². The topological polar surface area (TPSA) is 80.5 Å². The van der Waals surface area contributed by atoms with Crippen LogP contribution in [0.3, 0.4) is 0 Å². The van der Waals surface area contributed by atoms with Gasteiger partial charge < -0.3 is 19.4 Å². The van der Waals surface area contributed by atoms with Crippen LogP contribution < -0.4 is 5.32 Å². The molecular formula is C15H17ClN4O3. The third-order valence-electron chi connectivity index (χ3n) is 3.58. The van der Waals surface area contributed by atoms with Crippen LogP contribution in [0.15, 0.2) is 29.0 Å². The van der Waals surface area contributed by atoms with Gasteiger partial charge in [0.25, 0.3) is 5.91 Å². The minimum absolute atomic E-state index is 0.0122. The summed E-state index contributed by atoms with van der Waals surface area (Å²) in [4.78, 5) is 22.7. The number of halogens is 1. The van der Waals surface area contributed by atoms with E-state index in [0.717, 1.165) is 5.76 Å². The van der Waals surface area contributed by atoms with Crippen LogP contribution in [-0.2, 0) is 11.3 Å². The molecule has 1 amide bonds. The lowest BCUT2D eigenvalue weighted by Crippen LogP contribution is -2.47. The summed E-state index contributed by atoms with van der Waals surface area (Å²) in [5.74, 6) is 0.863. The van der Waals surface area contributed by atoms with Crippen molar-refractivity contribution in [2.45, 2.75) is 19.5 Å². The number of amides is 1. The summed E-state index contributed by atoms with van der Waals surface area (Å²) in [5.41, 5.74) is 0.192. The number of ether oxygens (including phenoxy) is 1. The average molecular weight is 337 g/mol. The monoisotopic (exact) mass is 336 g/mol. The zero-order valence-corrected chi connectivity index (χ0v) is 13.4. The summed E-state index contributed by atoms with van der Waals surface area (Å²) in [6.45, 7) is 3.91. The van der Waals surface area contributed by atoms with E-state index >= 15 is 0 Å². The second kappa shape index (κ2) is 6.97. The molecule has 2 aromatic rings. The van der Waals surface area contributed by atoms with Gasteiger partial charge in [0.05, 0.1) is 43.3 Å². The highest BCUT2D eigenvalue weighted by molar-refractivity contribution is 6.33. The highest BCUT2D eigenvalue weighted by Crippen LogP contribution is 2.19. The summed E-state index contributed by atoms with van der Waals surface area (Å²) in [7, 11) is 0. The van der Waals surface area contributed by atoms with Crippen molar-refractivity contribution in [3.8, 4) is 0 Å². The van der Waals surface area contributed by atoms with Gasteiger partial charge in [0.2, 0.25) is 5.95 Å². The summed E-state index contributed by atoms with van der Waals surface area (Å²) >= 11 is 6.11. The fourth-order valence-electron chi connectivity index (χ4n) is 2.35. The number of anilines is 1. The molecule has 7 nitrogen and oxygen atoms in total. The molecule has 1 N–H and O–H groups in total. The number of nitrogens with one attached hydrogen (secondary N) is 1. The van der Waals surface area contributed by atoms with E-state index in [2.05, 4.69) is 15.3 Å². The lowest BCUT2D eigenvalue weighted by Gasteiger charge is -2.33. The Kier molecular flexibility index (Phi) is 4.78. The van der Waals surface area contributed by atoms with Crippen molar-refractivity contribution < 1.29 is 13.9 Å². The maximum absolute atomic E-state index is 12.7. The van der Waals surface area contributed by atoms with Crippen molar-refractivity contribution >= 4 is 23.5 Å². The molecule has 0 bridgehead atoms. The molecule has 23 heavy (non-hydrogen) atoms. The SMILES string of the molecule is CC1COCCN1C(=O)c1nc(NCc2ccco2)ncc1Cl. The number of carbonyl (C=O) groups is 1. The summed E-state index contributed by atoms with van der Waals surface area (Å²) in [5, 5.41) is 3.25. The van der Waals surface area contributed by atoms with Gasteiger partial charge in [0.15, 0.2) is 5.69 Å². The predicted molar refractivity (Wildman–Crippen MR) is 84.4 cm³/mol. The number of nitrogens with zero attached hydrogens (tertiary/aromatic N) is 3. The molecule has 122 valence electrons. The van der Waals surface area contributed by atoms with E-state index in [1.165, 1.54) is 6.20 Å². The molecule has 3 rings (SSSR count). The van der Waals surface area contributed by atoms with Crippen molar-refractivity contribution in [3.05, 3.63) is 41.1 Å². The summed E-state index contributed by atoms with van der Waals surface area (Å²) in [6.07, 6.45) is 3.02. The Morgan fingerprint density at radius 2 is 2.43 bits per heavy atom. The van der Waals surface area contributed by atoms with Crippen LogP contribution in [0.25, 0.3) is 0 Å². The average Bonchev–Trinajstić information content (AvgIpc) is 3.07. The first-order chi connectivity index (χ1) is 11.1. The highest BCUT2D eigenvalue weighted by Gasteiger charge is 2.27. The molecule has 0 aromatic carbocycles. The summed E-state index contributed by atoms with van der Waals surface area (Å²) < 4.78 is 10.6. The zero-order chi connectivity index (χ0) is 16.2. The van der Waals surface area contributed by atoms with Gasteiger partial charge in [-0.25, -0.2) is 9.97 Å². The van der Waals surface area contributed by atoms with Gasteiger partial charge in [-0.3, -0.25) is 4.79 Å². The van der Waals surface area contributed by atoms with Gasteiger partial charge in [-0.1, -0.05) is 11.6 Å². The Balaban J connectivity index is 1.75. The Morgan fingerprint density at radius 1 is 1.57 bits per heavy atom. The normalized spacial score (nSPS) is 18.0. The second-order valence-electron chi connectivity index (χ2n) is 5.25. The van der Waals surface area contributed by atoms with Crippen molar-refractivity contribution in [1.82, 2.24) is 14.9 Å². The van der Waals surface area contributed by atoms with E-state index in [-0.39, 0.29) is 22.7 Å². The molecule has 1 atom stereocenters. The van der Waals surface area contributed by atoms with Crippen molar-refractivity contribution in [3.63, 3.8) is 0 Å². The van der Waals surface area contributed by atoms with Crippen LogP contribution in [0.1, 0.15) is 23.2 Å². The van der Waals surface area contributed by atoms with Gasteiger partial charge in [-0.15, -0.1) is 0 Å². The number of carbonyl (C=O) groups excluding carboxylic acids is 1. The lowest BCUT2D eigenvalue weighted by atomic mass is 10.2. The molecule has 0 saturated carbocycles. The van der Waals surface area contributed by atoms with Crippen LogP contribution in [0.4, 0.5) is 5.95 Å². The molecule has 1 aliphatic rings. The number of morpholine rings is 1. The molecule has 1 fully saturated rings. The second-order valence-corrected chi connectivity index (χ2v) is 5.65. The van der Waals surface area contributed by atoms with Crippen molar-refractivity contribution in [2.75, 3.05) is 25.1 Å². The number of hydrogen-bond donors (Lipinski definition) is 1. The summed E-state index contributed by atoms with van der Waals surface area (Å²) in [6, 6.07) is 3.63. The number of hydrogen-bond acceptors (Lipinski definition) is 6. The molecule has 1 saturated heterocycles. The number of aromatic nitrogens is 2. The Hall–Kier alpha value is -2.12. The van der Waals surface area contributed by atoms with Crippen molar-refractivity contribution in [2.24, 2.45) is 0 Å². The number of rotatable bonds is 4. The Morgan fingerprint density at radius 3 is 3.17 bits per heavy atom. The molecule has 8 heteroatoms. The van der Waals surface area contributed by atoms with Crippen LogP contribution in [0.2, 0.25) is 5.02 Å². The molecule has 0 aliphatic carbocycles. The van der Waals surface area contributed by atoms with Crippen LogP contribution in [-0.4, -0.2) is 46.6 Å². The van der Waals surface area contributed by atoms with E-state index in [0.29, 0.717) is 32.3 Å². The molecule has 3 heterocycles. The molecule has 1 unspecified atom stereocenters. The molecule has 0 radical (unpaired) electrons. The molecular weight excluding hydrogens is 320 g/mol. The molecule has 2 aromatic heterocycles. The zero-order valence-electron chi connectivity index (χ0n) is 12.7. The van der Waals surface area contributed by atoms with E-state index in [4.69, 9.17) is 20.8 Å². The predicted octanol–water partition coefficient (Wildman–Crippen LogP) is 2.20. The van der Waals surface area contributed by atoms with Gasteiger partial charge >= 0.3 is 0 Å². The minimum Gasteiger partial charge on any atom is -0.467 e. The van der Waals surface area contributed by atoms with Crippen LogP contribution in [0.5, 0.6) is 0 Å². The fourth-order valence-corrected chi connectivity index (χ4v) is 2.52. The van der Waals surface area contributed by atoms with Gasteiger partial charge in [-0.2, -0.15) is 0 Å². The largest absolute Gasteiger partial charge is 0.467 e. The van der Waals surface area contributed by atoms with Gasteiger partial charge in [0.1, 0.15) is 5.76 Å². The van der Waals surface area contributed by atoms with Crippen LogP contribution in [0, 0.1) is 0 Å². The first kappa shape index (κ1) is 15.8. The first-order valence-electron chi connectivity index (χ1n) is 7.32. The van der Waals surface area contributed by atoms with Gasteiger partial charge in [-0.05, 0) is 19.1 Å². The van der Waals surface area contributed by atoms with Crippen molar-refractivity contribution in [1.29, 1.82) is 0 Å². The maximum Gasteiger partial charge on any atom is 0.274 e. The van der Waals surface area contributed by atoms with Gasteiger partial charge in [0, 0.05) is 6.54 Å². The molecule has 1 aliphatic heterocycles. The smallest absolute Gasteiger partial charge is 0.274 e. The van der Waals surface area contributed by atoms with E-state index in [1.54, 1.807) is 17.2 Å². The standard InChI is InChI=1S/C15H17ClN4O3/c1-10-9-22-6-4-20(10)14(21)13-12(16)8-18-15(19-13)17-7-11-3-2-5-23-11/h2-3,5,8,10H,4,6-7,9H2,1H3,(H,17,18,19). The number of furan rings is 1. The fraction of sp³-hybridized carbons (Fsp3) is 0.400. The third kappa shape index (κ3) is 3.62. The Bertz CT molecular complexity index is 677. The highest BCUT2D eigenvalue weighted by atomic mass is 35.5.